The van der Waals surface area contributed by atoms with Crippen LogP contribution in [0.1, 0.15) is 53.4 Å². The molecule has 0 heterocycles. The Bertz CT molecular complexity index is 322. The topological polar surface area (TPSA) is 9.23 Å². The van der Waals surface area contributed by atoms with Gasteiger partial charge in [-0.3, -0.25) is 0 Å². The van der Waals surface area contributed by atoms with E-state index >= 15 is 0 Å². The molecule has 0 saturated heterocycles. The first-order valence-corrected chi connectivity index (χ1v) is 10.8. The van der Waals surface area contributed by atoms with Crippen LogP contribution < -0.4 is 0 Å². The monoisotopic (exact) mass is 280 g/mol. The van der Waals surface area contributed by atoms with Gasteiger partial charge in [-0.1, -0.05) is 58.5 Å². The molecule has 0 amide bonds. The van der Waals surface area contributed by atoms with E-state index in [2.05, 4.69) is 52.3 Å². The molecule has 0 radical (unpaired) electrons. The summed E-state index contributed by atoms with van der Waals surface area (Å²) in [5, 5.41) is 0. The van der Waals surface area contributed by atoms with E-state index < -0.39 is 8.32 Å². The Balaban J connectivity index is 4.75. The minimum absolute atomic E-state index is 0.0789. The van der Waals surface area contributed by atoms with E-state index in [-0.39, 0.29) is 6.10 Å². The normalized spacial score (nSPS) is 14.4. The SMILES string of the molecule is C=C(C)C#CC(O[Si](C)(C)CCCC)C(C)CCC. The van der Waals surface area contributed by atoms with Gasteiger partial charge in [0, 0.05) is 0 Å². The lowest BCUT2D eigenvalue weighted by atomic mass is 10.00. The highest BCUT2D eigenvalue weighted by molar-refractivity contribution is 6.71. The van der Waals surface area contributed by atoms with Gasteiger partial charge >= 0.3 is 0 Å². The molecule has 0 aliphatic carbocycles. The molecule has 0 bridgehead atoms. The third-order valence-corrected chi connectivity index (χ3v) is 5.72. The van der Waals surface area contributed by atoms with Crippen molar-refractivity contribution in [2.45, 2.75) is 78.6 Å². The summed E-state index contributed by atoms with van der Waals surface area (Å²) in [5.74, 6) is 6.92. The van der Waals surface area contributed by atoms with E-state index in [1.165, 1.54) is 31.7 Å². The van der Waals surface area contributed by atoms with Crippen LogP contribution in [0.3, 0.4) is 0 Å². The maximum atomic E-state index is 6.43. The molecule has 2 heteroatoms. The second-order valence-corrected chi connectivity index (χ2v) is 10.5. The molecule has 2 atom stereocenters. The molecule has 0 aliphatic rings. The van der Waals surface area contributed by atoms with Gasteiger partial charge in [-0.2, -0.15) is 0 Å². The zero-order valence-corrected chi connectivity index (χ0v) is 14.8. The van der Waals surface area contributed by atoms with Gasteiger partial charge in [0.2, 0.25) is 0 Å². The van der Waals surface area contributed by atoms with Crippen LogP contribution in [0.25, 0.3) is 0 Å². The van der Waals surface area contributed by atoms with Crippen LogP contribution in [-0.2, 0) is 4.43 Å². The van der Waals surface area contributed by atoms with Crippen molar-refractivity contribution in [3.05, 3.63) is 12.2 Å². The van der Waals surface area contributed by atoms with E-state index in [0.717, 1.165) is 5.57 Å². The number of rotatable bonds is 8. The average molecular weight is 281 g/mol. The van der Waals surface area contributed by atoms with E-state index in [9.17, 15) is 0 Å². The summed E-state index contributed by atoms with van der Waals surface area (Å²) >= 11 is 0. The van der Waals surface area contributed by atoms with Crippen molar-refractivity contribution >= 4 is 8.32 Å². The lowest BCUT2D eigenvalue weighted by Gasteiger charge is -2.30. The smallest absolute Gasteiger partial charge is 0.188 e. The molecular weight excluding hydrogens is 248 g/mol. The first kappa shape index (κ1) is 18.5. The van der Waals surface area contributed by atoms with Gasteiger partial charge in [0.15, 0.2) is 8.32 Å². The Kier molecular flexibility index (Phi) is 9.13. The van der Waals surface area contributed by atoms with Crippen LogP contribution in [0.2, 0.25) is 19.1 Å². The van der Waals surface area contributed by atoms with Gasteiger partial charge in [0.25, 0.3) is 0 Å². The molecule has 110 valence electrons. The third kappa shape index (κ3) is 9.08. The number of hydrogen-bond donors (Lipinski definition) is 0. The van der Waals surface area contributed by atoms with Gasteiger partial charge < -0.3 is 4.43 Å². The molecule has 0 spiro atoms. The van der Waals surface area contributed by atoms with Crippen molar-refractivity contribution in [3.63, 3.8) is 0 Å². The summed E-state index contributed by atoms with van der Waals surface area (Å²) < 4.78 is 6.43. The van der Waals surface area contributed by atoms with Crippen LogP contribution in [0.5, 0.6) is 0 Å². The quantitative estimate of drug-likeness (QED) is 0.428. The molecule has 0 fully saturated rings. The van der Waals surface area contributed by atoms with E-state index in [0.29, 0.717) is 5.92 Å². The highest BCUT2D eigenvalue weighted by Gasteiger charge is 2.27. The predicted molar refractivity (Wildman–Crippen MR) is 88.7 cm³/mol. The maximum Gasteiger partial charge on any atom is 0.188 e. The van der Waals surface area contributed by atoms with Crippen molar-refractivity contribution in [3.8, 4) is 11.8 Å². The molecule has 0 N–H and O–H groups in total. The number of unbranched alkanes of at least 4 members (excludes halogenated alkanes) is 1. The Morgan fingerprint density at radius 1 is 1.26 bits per heavy atom. The summed E-state index contributed by atoms with van der Waals surface area (Å²) in [5.41, 5.74) is 0.922. The van der Waals surface area contributed by atoms with Gasteiger partial charge in [-0.15, -0.1) is 0 Å². The first-order chi connectivity index (χ1) is 8.82. The van der Waals surface area contributed by atoms with E-state index in [1.54, 1.807) is 0 Å². The summed E-state index contributed by atoms with van der Waals surface area (Å²) in [6, 6.07) is 1.23. The largest absolute Gasteiger partial charge is 0.404 e. The van der Waals surface area contributed by atoms with Crippen LogP contribution >= 0.6 is 0 Å². The fourth-order valence-electron chi connectivity index (χ4n) is 2.09. The fourth-order valence-corrected chi connectivity index (χ4v) is 4.40. The summed E-state index contributed by atoms with van der Waals surface area (Å²) in [6.07, 6.45) is 4.95. The first-order valence-electron chi connectivity index (χ1n) is 7.67. The molecule has 1 nitrogen and oxygen atoms in total. The van der Waals surface area contributed by atoms with Crippen molar-refractivity contribution in [2.75, 3.05) is 0 Å². The van der Waals surface area contributed by atoms with Gasteiger partial charge in [0.1, 0.15) is 6.10 Å². The molecule has 0 aromatic rings. The Hall–Kier alpha value is -0.523. The Labute approximate surface area is 122 Å². The maximum absolute atomic E-state index is 6.43. The number of hydrogen-bond acceptors (Lipinski definition) is 1. The molecule has 0 aromatic carbocycles. The molecule has 0 saturated carbocycles. The van der Waals surface area contributed by atoms with Gasteiger partial charge in [-0.05, 0) is 44.0 Å². The second kappa shape index (κ2) is 9.39. The zero-order chi connectivity index (χ0) is 14.9. The van der Waals surface area contributed by atoms with Crippen LogP contribution in [-0.4, -0.2) is 14.4 Å². The van der Waals surface area contributed by atoms with Gasteiger partial charge in [-0.25, -0.2) is 0 Å². The second-order valence-electron chi connectivity index (χ2n) is 6.22. The lowest BCUT2D eigenvalue weighted by Crippen LogP contribution is -2.37. The third-order valence-electron chi connectivity index (χ3n) is 3.27. The molecule has 0 aromatic heterocycles. The predicted octanol–water partition coefficient (Wildman–Crippen LogP) is 5.39. The van der Waals surface area contributed by atoms with Crippen LogP contribution in [0.15, 0.2) is 12.2 Å². The molecule has 0 rings (SSSR count). The standard InChI is InChI=1S/C17H32OSi/c1-8-10-14-19(6,7)18-17(13-12-15(3)4)16(5)11-9-2/h16-17H,3,8-11,14H2,1-2,4-7H3. The summed E-state index contributed by atoms with van der Waals surface area (Å²) in [4.78, 5) is 0. The van der Waals surface area contributed by atoms with Crippen molar-refractivity contribution < 1.29 is 4.43 Å². The van der Waals surface area contributed by atoms with Crippen LogP contribution in [0.4, 0.5) is 0 Å². The van der Waals surface area contributed by atoms with Crippen molar-refractivity contribution in [1.82, 2.24) is 0 Å². The molecule has 0 aliphatic heterocycles. The minimum Gasteiger partial charge on any atom is -0.404 e. The Morgan fingerprint density at radius 3 is 2.37 bits per heavy atom. The summed E-state index contributed by atoms with van der Waals surface area (Å²) in [7, 11) is -1.58. The zero-order valence-electron chi connectivity index (χ0n) is 13.8. The average Bonchev–Trinajstić information content (AvgIpc) is 2.32. The molecular formula is C17H32OSi. The molecule has 19 heavy (non-hydrogen) atoms. The molecule has 2 unspecified atom stereocenters. The van der Waals surface area contributed by atoms with E-state index in [4.69, 9.17) is 4.43 Å². The van der Waals surface area contributed by atoms with Crippen molar-refractivity contribution in [1.29, 1.82) is 0 Å². The Morgan fingerprint density at radius 2 is 1.89 bits per heavy atom. The van der Waals surface area contributed by atoms with Crippen LogP contribution in [0, 0.1) is 17.8 Å². The highest BCUT2D eigenvalue weighted by Crippen LogP contribution is 2.22. The van der Waals surface area contributed by atoms with E-state index in [1.807, 2.05) is 6.92 Å². The summed E-state index contributed by atoms with van der Waals surface area (Å²) in [6.45, 7) is 17.2. The van der Waals surface area contributed by atoms with Crippen molar-refractivity contribution in [2.24, 2.45) is 5.92 Å². The number of allylic oxidation sites excluding steroid dienone is 1. The van der Waals surface area contributed by atoms with Gasteiger partial charge in [0.05, 0.1) is 0 Å². The fraction of sp³-hybridized carbons (Fsp3) is 0.765. The lowest BCUT2D eigenvalue weighted by molar-refractivity contribution is 0.179. The minimum atomic E-state index is -1.58. The highest BCUT2D eigenvalue weighted by atomic mass is 28.4.